The zero-order chi connectivity index (χ0) is 19.2. The summed E-state index contributed by atoms with van der Waals surface area (Å²) in [4.78, 5) is 18.2. The van der Waals surface area contributed by atoms with Crippen molar-refractivity contribution in [1.82, 2.24) is 25.2 Å². The van der Waals surface area contributed by atoms with E-state index in [9.17, 15) is 18.0 Å². The maximum atomic E-state index is 13.5. The van der Waals surface area contributed by atoms with Crippen molar-refractivity contribution in [2.75, 3.05) is 13.1 Å². The van der Waals surface area contributed by atoms with Crippen LogP contribution in [0.4, 0.5) is 13.2 Å². The lowest BCUT2D eigenvalue weighted by Gasteiger charge is -2.31. The minimum absolute atomic E-state index is 0.117. The van der Waals surface area contributed by atoms with Gasteiger partial charge in [-0.25, -0.2) is 4.98 Å². The first kappa shape index (κ1) is 17.5. The number of nitrogens with zero attached hydrogens (tertiary/aromatic N) is 4. The van der Waals surface area contributed by atoms with Gasteiger partial charge >= 0.3 is 6.18 Å². The molecule has 0 radical (unpaired) electrons. The van der Waals surface area contributed by atoms with E-state index >= 15 is 0 Å². The van der Waals surface area contributed by atoms with Crippen molar-refractivity contribution in [2.24, 2.45) is 0 Å². The smallest absolute Gasteiger partial charge is 0.337 e. The normalized spacial score (nSPS) is 18.2. The zero-order valence-electron chi connectivity index (χ0n) is 14.4. The van der Waals surface area contributed by atoms with Crippen LogP contribution in [-0.2, 0) is 6.18 Å². The number of rotatable bonds is 2. The molecule has 0 aliphatic carbocycles. The molecule has 27 heavy (non-hydrogen) atoms. The highest BCUT2D eigenvalue weighted by atomic mass is 19.4. The van der Waals surface area contributed by atoms with E-state index in [0.717, 1.165) is 6.07 Å². The first-order valence-corrected chi connectivity index (χ1v) is 8.47. The van der Waals surface area contributed by atoms with Crippen molar-refractivity contribution >= 4 is 17.0 Å². The van der Waals surface area contributed by atoms with Gasteiger partial charge < -0.3 is 9.42 Å². The Bertz CT molecular complexity index is 981. The van der Waals surface area contributed by atoms with Gasteiger partial charge in [-0.2, -0.15) is 18.3 Å². The molecule has 1 aliphatic rings. The topological polar surface area (TPSA) is 87.9 Å². The molecular weight excluding hydrogens is 363 g/mol. The summed E-state index contributed by atoms with van der Waals surface area (Å²) in [6.45, 7) is 2.25. The van der Waals surface area contributed by atoms with Crippen molar-refractivity contribution in [3.63, 3.8) is 0 Å². The monoisotopic (exact) mass is 379 g/mol. The predicted octanol–water partition coefficient (Wildman–Crippen LogP) is 3.29. The number of aryl methyl sites for hydroxylation is 1. The summed E-state index contributed by atoms with van der Waals surface area (Å²) in [5.74, 6) is -0.604. The van der Waals surface area contributed by atoms with E-state index in [1.165, 1.54) is 13.1 Å². The molecule has 3 aromatic heterocycles. The van der Waals surface area contributed by atoms with Crippen LogP contribution in [0, 0.1) is 6.92 Å². The maximum absolute atomic E-state index is 13.5. The lowest BCUT2D eigenvalue weighted by Crippen LogP contribution is -2.39. The third-order valence-electron chi connectivity index (χ3n) is 4.73. The SMILES string of the molecule is Cc1cc(C(F)(F)F)c2c(C3CCCN(C(=O)c4ccn[nH]4)C3)noc2n1. The van der Waals surface area contributed by atoms with E-state index in [1.54, 1.807) is 11.0 Å². The van der Waals surface area contributed by atoms with Gasteiger partial charge in [0.25, 0.3) is 11.6 Å². The number of aromatic nitrogens is 4. The summed E-state index contributed by atoms with van der Waals surface area (Å²) in [6.07, 6.45) is -1.81. The molecule has 1 fully saturated rings. The molecule has 1 saturated heterocycles. The van der Waals surface area contributed by atoms with Gasteiger partial charge in [0.15, 0.2) is 0 Å². The number of aromatic amines is 1. The number of piperidine rings is 1. The number of pyridine rings is 1. The van der Waals surface area contributed by atoms with Gasteiger partial charge in [-0.05, 0) is 31.9 Å². The molecule has 1 N–H and O–H groups in total. The second kappa shape index (κ2) is 6.36. The van der Waals surface area contributed by atoms with Gasteiger partial charge in [-0.15, -0.1) is 0 Å². The van der Waals surface area contributed by atoms with E-state index in [-0.39, 0.29) is 40.9 Å². The second-order valence-electron chi connectivity index (χ2n) is 6.62. The van der Waals surface area contributed by atoms with E-state index in [2.05, 4.69) is 20.3 Å². The Hall–Kier alpha value is -2.91. The number of hydrogen-bond donors (Lipinski definition) is 1. The zero-order valence-corrected chi connectivity index (χ0v) is 14.4. The molecule has 0 saturated carbocycles. The number of nitrogens with one attached hydrogen (secondary N) is 1. The Kier molecular flexibility index (Phi) is 4.12. The summed E-state index contributed by atoms with van der Waals surface area (Å²) in [5.41, 5.74) is -0.189. The van der Waals surface area contributed by atoms with Crippen LogP contribution in [0.5, 0.6) is 0 Å². The highest BCUT2D eigenvalue weighted by Gasteiger charge is 2.38. The van der Waals surface area contributed by atoms with Gasteiger partial charge in [0, 0.05) is 30.9 Å². The van der Waals surface area contributed by atoms with Gasteiger partial charge in [0.2, 0.25) is 0 Å². The highest BCUT2D eigenvalue weighted by molar-refractivity contribution is 5.92. The lowest BCUT2D eigenvalue weighted by atomic mass is 9.91. The molecule has 1 amide bonds. The number of halogens is 3. The quantitative estimate of drug-likeness (QED) is 0.738. The van der Waals surface area contributed by atoms with E-state index < -0.39 is 11.7 Å². The molecule has 1 unspecified atom stereocenters. The Morgan fingerprint density at radius 3 is 2.93 bits per heavy atom. The fourth-order valence-electron chi connectivity index (χ4n) is 3.53. The Balaban J connectivity index is 1.71. The van der Waals surface area contributed by atoms with Crippen LogP contribution in [0.2, 0.25) is 0 Å². The van der Waals surface area contributed by atoms with Crippen molar-refractivity contribution < 1.29 is 22.5 Å². The number of H-pyrrole nitrogens is 1. The molecule has 1 atom stereocenters. The van der Waals surface area contributed by atoms with Gasteiger partial charge in [0.05, 0.1) is 16.6 Å². The molecule has 1 aliphatic heterocycles. The number of carbonyl (C=O) groups is 1. The molecule has 7 nitrogen and oxygen atoms in total. The van der Waals surface area contributed by atoms with Crippen LogP contribution in [0.3, 0.4) is 0 Å². The van der Waals surface area contributed by atoms with Crippen molar-refractivity contribution in [3.05, 3.63) is 41.0 Å². The second-order valence-corrected chi connectivity index (χ2v) is 6.62. The molecule has 4 heterocycles. The molecule has 142 valence electrons. The average molecular weight is 379 g/mol. The number of alkyl halides is 3. The predicted molar refractivity (Wildman–Crippen MR) is 88.0 cm³/mol. The minimum Gasteiger partial charge on any atom is -0.337 e. The summed E-state index contributed by atoms with van der Waals surface area (Å²) in [6, 6.07) is 2.56. The molecule has 3 aromatic rings. The van der Waals surface area contributed by atoms with Crippen LogP contribution in [-0.4, -0.2) is 44.2 Å². The van der Waals surface area contributed by atoms with Gasteiger partial charge in [-0.1, -0.05) is 5.16 Å². The summed E-state index contributed by atoms with van der Waals surface area (Å²) in [7, 11) is 0. The number of fused-ring (bicyclic) bond motifs is 1. The van der Waals surface area contributed by atoms with Gasteiger partial charge in [-0.3, -0.25) is 9.89 Å². The van der Waals surface area contributed by atoms with Crippen LogP contribution < -0.4 is 0 Å². The first-order chi connectivity index (χ1) is 12.8. The molecule has 4 rings (SSSR count). The van der Waals surface area contributed by atoms with Crippen LogP contribution in [0.25, 0.3) is 11.1 Å². The number of likely N-dealkylation sites (tertiary alicyclic amines) is 1. The number of hydrogen-bond acceptors (Lipinski definition) is 5. The van der Waals surface area contributed by atoms with Crippen LogP contribution in [0.15, 0.2) is 22.9 Å². The third-order valence-corrected chi connectivity index (χ3v) is 4.73. The van der Waals surface area contributed by atoms with Crippen LogP contribution >= 0.6 is 0 Å². The maximum Gasteiger partial charge on any atom is 0.417 e. The van der Waals surface area contributed by atoms with Crippen molar-refractivity contribution in [1.29, 1.82) is 0 Å². The Morgan fingerprint density at radius 1 is 1.41 bits per heavy atom. The van der Waals surface area contributed by atoms with Crippen LogP contribution in [0.1, 0.15) is 46.2 Å². The van der Waals surface area contributed by atoms with E-state index in [0.29, 0.717) is 25.1 Å². The Morgan fingerprint density at radius 2 is 2.22 bits per heavy atom. The number of amides is 1. The molecule has 0 bridgehead atoms. The third kappa shape index (κ3) is 3.15. The lowest BCUT2D eigenvalue weighted by molar-refractivity contribution is -0.136. The Labute approximate surface area is 151 Å². The molecule has 10 heteroatoms. The largest absolute Gasteiger partial charge is 0.417 e. The molecule has 0 aromatic carbocycles. The van der Waals surface area contributed by atoms with Crippen molar-refractivity contribution in [2.45, 2.75) is 31.9 Å². The van der Waals surface area contributed by atoms with Crippen molar-refractivity contribution in [3.8, 4) is 0 Å². The molecule has 0 spiro atoms. The van der Waals surface area contributed by atoms with Gasteiger partial charge in [0.1, 0.15) is 5.69 Å². The first-order valence-electron chi connectivity index (χ1n) is 8.47. The fraction of sp³-hybridized carbons (Fsp3) is 0.412. The standard InChI is InChI=1S/C17H16F3N5O2/c1-9-7-11(17(18,19)20)13-14(24-27-15(13)22-9)10-3-2-6-25(8-10)16(26)12-4-5-21-23-12/h4-5,7,10H,2-3,6,8H2,1H3,(H,21,23). The van der Waals surface area contributed by atoms with E-state index in [1.807, 2.05) is 0 Å². The van der Waals surface area contributed by atoms with E-state index in [4.69, 9.17) is 4.52 Å². The summed E-state index contributed by atoms with van der Waals surface area (Å²) < 4.78 is 45.7. The minimum atomic E-state index is -4.55. The summed E-state index contributed by atoms with van der Waals surface area (Å²) in [5, 5.41) is 10.2. The highest BCUT2D eigenvalue weighted by Crippen LogP contribution is 2.40. The fourth-order valence-corrected chi connectivity index (χ4v) is 3.53. The average Bonchev–Trinajstić information content (AvgIpc) is 3.29. The number of carbonyl (C=O) groups excluding carboxylic acids is 1. The summed E-state index contributed by atoms with van der Waals surface area (Å²) >= 11 is 0. The molecular formula is C17H16F3N5O2.